The highest BCUT2D eigenvalue weighted by Gasteiger charge is 2.13. The van der Waals surface area contributed by atoms with Gasteiger partial charge in [0.2, 0.25) is 0 Å². The van der Waals surface area contributed by atoms with Crippen LogP contribution in [0.4, 0.5) is 21.0 Å². The van der Waals surface area contributed by atoms with Crippen molar-refractivity contribution in [2.24, 2.45) is 5.92 Å². The quantitative estimate of drug-likeness (QED) is 0.875. The third-order valence-electron chi connectivity index (χ3n) is 3.41. The Kier molecular flexibility index (Phi) is 6.69. The van der Waals surface area contributed by atoms with Crippen LogP contribution in [0.25, 0.3) is 0 Å². The Morgan fingerprint density at radius 1 is 1.18 bits per heavy atom. The number of carbonyl (C=O) groups is 2. The molecule has 22 heavy (non-hydrogen) atoms. The van der Waals surface area contributed by atoms with Gasteiger partial charge in [-0.15, -0.1) is 0 Å². The topological polar surface area (TPSA) is 70.7 Å². The number of nitrogens with one attached hydrogen (secondary N) is 2. The zero-order valence-electron chi connectivity index (χ0n) is 13.8. The fraction of sp³-hybridized carbons (Fsp3) is 0.500. The van der Waals surface area contributed by atoms with E-state index in [1.54, 1.807) is 38.2 Å². The number of hydrogen-bond acceptors (Lipinski definition) is 3. The maximum absolute atomic E-state index is 11.8. The van der Waals surface area contributed by atoms with E-state index in [-0.39, 0.29) is 12.1 Å². The Balaban J connectivity index is 2.61. The summed E-state index contributed by atoms with van der Waals surface area (Å²) >= 11 is 0. The molecule has 1 unspecified atom stereocenters. The SMILES string of the molecule is CCOC(=O)N(C)c1ccc(NC(=O)NC(C)C(C)C)cc1. The Bertz CT molecular complexity index is 500. The molecule has 0 aliphatic heterocycles. The number of amides is 3. The molecular formula is C16H25N3O3. The lowest BCUT2D eigenvalue weighted by Crippen LogP contribution is -2.39. The summed E-state index contributed by atoms with van der Waals surface area (Å²) in [6, 6.07) is 6.83. The second kappa shape index (κ2) is 8.26. The fourth-order valence-corrected chi connectivity index (χ4v) is 1.63. The van der Waals surface area contributed by atoms with Crippen LogP contribution in [0.1, 0.15) is 27.7 Å². The van der Waals surface area contributed by atoms with E-state index in [4.69, 9.17) is 4.74 Å². The molecule has 2 N–H and O–H groups in total. The van der Waals surface area contributed by atoms with Gasteiger partial charge in [-0.1, -0.05) is 13.8 Å². The third kappa shape index (κ3) is 5.27. The summed E-state index contributed by atoms with van der Waals surface area (Å²) in [4.78, 5) is 24.9. The first-order chi connectivity index (χ1) is 10.3. The van der Waals surface area contributed by atoms with Crippen LogP contribution in [0, 0.1) is 5.92 Å². The van der Waals surface area contributed by atoms with Gasteiger partial charge in [-0.25, -0.2) is 9.59 Å². The molecule has 1 aromatic carbocycles. The fourth-order valence-electron chi connectivity index (χ4n) is 1.63. The summed E-state index contributed by atoms with van der Waals surface area (Å²) in [5.74, 6) is 0.367. The monoisotopic (exact) mass is 307 g/mol. The van der Waals surface area contributed by atoms with E-state index in [9.17, 15) is 9.59 Å². The Morgan fingerprint density at radius 2 is 1.77 bits per heavy atom. The molecule has 1 rings (SSSR count). The zero-order chi connectivity index (χ0) is 16.7. The van der Waals surface area contributed by atoms with E-state index in [1.165, 1.54) is 4.90 Å². The number of hydrogen-bond donors (Lipinski definition) is 2. The molecule has 0 saturated carbocycles. The minimum atomic E-state index is -0.410. The van der Waals surface area contributed by atoms with Crippen LogP contribution >= 0.6 is 0 Å². The number of benzene rings is 1. The number of carbonyl (C=O) groups excluding carboxylic acids is 2. The summed E-state index contributed by atoms with van der Waals surface area (Å²) in [5, 5.41) is 5.63. The van der Waals surface area contributed by atoms with Gasteiger partial charge in [0.1, 0.15) is 0 Å². The average Bonchev–Trinajstić information content (AvgIpc) is 2.47. The number of nitrogens with zero attached hydrogens (tertiary/aromatic N) is 1. The first-order valence-electron chi connectivity index (χ1n) is 7.43. The van der Waals surface area contributed by atoms with Gasteiger partial charge in [-0.3, -0.25) is 4.90 Å². The van der Waals surface area contributed by atoms with Gasteiger partial charge >= 0.3 is 12.1 Å². The molecule has 6 nitrogen and oxygen atoms in total. The molecule has 0 radical (unpaired) electrons. The van der Waals surface area contributed by atoms with Gasteiger partial charge in [-0.05, 0) is 44.0 Å². The molecule has 0 aromatic heterocycles. The lowest BCUT2D eigenvalue weighted by molar-refractivity contribution is 0.161. The first-order valence-corrected chi connectivity index (χ1v) is 7.43. The number of anilines is 2. The van der Waals surface area contributed by atoms with E-state index in [0.29, 0.717) is 23.9 Å². The van der Waals surface area contributed by atoms with Crippen LogP contribution in [0.15, 0.2) is 24.3 Å². The second-order valence-electron chi connectivity index (χ2n) is 5.44. The van der Waals surface area contributed by atoms with Crippen LogP contribution in [0.2, 0.25) is 0 Å². The van der Waals surface area contributed by atoms with Gasteiger partial charge in [0, 0.05) is 24.5 Å². The predicted octanol–water partition coefficient (Wildman–Crippen LogP) is 3.45. The summed E-state index contributed by atoms with van der Waals surface area (Å²) in [6.07, 6.45) is -0.410. The van der Waals surface area contributed by atoms with Crippen molar-refractivity contribution in [3.05, 3.63) is 24.3 Å². The molecule has 6 heteroatoms. The van der Waals surface area contributed by atoms with Gasteiger partial charge in [0.15, 0.2) is 0 Å². The van der Waals surface area contributed by atoms with E-state index in [1.807, 2.05) is 20.8 Å². The highest BCUT2D eigenvalue weighted by atomic mass is 16.6. The molecule has 0 aliphatic carbocycles. The van der Waals surface area contributed by atoms with Crippen molar-refractivity contribution in [1.29, 1.82) is 0 Å². The minimum absolute atomic E-state index is 0.0919. The molecule has 1 atom stereocenters. The molecular weight excluding hydrogens is 282 g/mol. The molecule has 122 valence electrons. The molecule has 0 saturated heterocycles. The standard InChI is InChI=1S/C16H25N3O3/c1-6-22-16(21)19(5)14-9-7-13(8-10-14)18-15(20)17-12(4)11(2)3/h7-12H,6H2,1-5H3,(H2,17,18,20). The largest absolute Gasteiger partial charge is 0.449 e. The lowest BCUT2D eigenvalue weighted by Gasteiger charge is -2.19. The average molecular weight is 307 g/mol. The summed E-state index contributed by atoms with van der Waals surface area (Å²) in [6.45, 7) is 8.14. The van der Waals surface area contributed by atoms with Gasteiger partial charge < -0.3 is 15.4 Å². The molecule has 1 aromatic rings. The molecule has 0 spiro atoms. The first kappa shape index (κ1) is 17.8. The lowest BCUT2D eigenvalue weighted by atomic mass is 10.1. The highest BCUT2D eigenvalue weighted by Crippen LogP contribution is 2.17. The minimum Gasteiger partial charge on any atom is -0.449 e. The summed E-state index contributed by atoms with van der Waals surface area (Å²) in [7, 11) is 1.64. The number of rotatable bonds is 5. The molecule has 3 amide bonds. The van der Waals surface area contributed by atoms with Crippen LogP contribution in [-0.4, -0.2) is 31.8 Å². The molecule has 0 bridgehead atoms. The van der Waals surface area contributed by atoms with Crippen molar-refractivity contribution < 1.29 is 14.3 Å². The van der Waals surface area contributed by atoms with Crippen molar-refractivity contribution >= 4 is 23.5 Å². The van der Waals surface area contributed by atoms with Crippen LogP contribution in [-0.2, 0) is 4.74 Å². The normalized spacial score (nSPS) is 11.7. The van der Waals surface area contributed by atoms with Gasteiger partial charge in [0.05, 0.1) is 6.61 Å². The predicted molar refractivity (Wildman–Crippen MR) is 88.3 cm³/mol. The highest BCUT2D eigenvalue weighted by molar-refractivity contribution is 5.91. The van der Waals surface area contributed by atoms with Gasteiger partial charge in [-0.2, -0.15) is 0 Å². The maximum atomic E-state index is 11.8. The van der Waals surface area contributed by atoms with E-state index in [0.717, 1.165) is 0 Å². The van der Waals surface area contributed by atoms with Crippen molar-refractivity contribution in [1.82, 2.24) is 5.32 Å². The van der Waals surface area contributed by atoms with Crippen molar-refractivity contribution in [3.8, 4) is 0 Å². The van der Waals surface area contributed by atoms with Crippen LogP contribution in [0.3, 0.4) is 0 Å². The zero-order valence-corrected chi connectivity index (χ0v) is 13.8. The third-order valence-corrected chi connectivity index (χ3v) is 3.41. The Hall–Kier alpha value is -2.24. The molecule has 0 heterocycles. The summed E-state index contributed by atoms with van der Waals surface area (Å²) < 4.78 is 4.93. The number of ether oxygens (including phenoxy) is 1. The summed E-state index contributed by atoms with van der Waals surface area (Å²) in [5.41, 5.74) is 1.36. The van der Waals surface area contributed by atoms with Crippen LogP contribution in [0.5, 0.6) is 0 Å². The Labute approximate surface area is 131 Å². The van der Waals surface area contributed by atoms with E-state index in [2.05, 4.69) is 10.6 Å². The van der Waals surface area contributed by atoms with Gasteiger partial charge in [0.25, 0.3) is 0 Å². The van der Waals surface area contributed by atoms with Crippen molar-refractivity contribution in [3.63, 3.8) is 0 Å². The van der Waals surface area contributed by atoms with Crippen molar-refractivity contribution in [2.45, 2.75) is 33.7 Å². The second-order valence-corrected chi connectivity index (χ2v) is 5.44. The smallest absolute Gasteiger partial charge is 0.413 e. The van der Waals surface area contributed by atoms with E-state index >= 15 is 0 Å². The number of urea groups is 1. The van der Waals surface area contributed by atoms with Crippen molar-refractivity contribution in [2.75, 3.05) is 23.9 Å². The Morgan fingerprint density at radius 3 is 2.27 bits per heavy atom. The van der Waals surface area contributed by atoms with Crippen LogP contribution < -0.4 is 15.5 Å². The molecule has 0 fully saturated rings. The van der Waals surface area contributed by atoms with E-state index < -0.39 is 6.09 Å². The molecule has 0 aliphatic rings. The maximum Gasteiger partial charge on any atom is 0.413 e.